The Bertz CT molecular complexity index is 1110. The molecular weight excluding hydrogens is 443 g/mol. The topological polar surface area (TPSA) is 78.3 Å². The Morgan fingerprint density at radius 1 is 1.09 bits per heavy atom. The molecule has 2 aromatic carbocycles. The van der Waals surface area contributed by atoms with Gasteiger partial charge in [0.15, 0.2) is 22.5 Å². The summed E-state index contributed by atoms with van der Waals surface area (Å²) in [6, 6.07) is 12.0. The summed E-state index contributed by atoms with van der Waals surface area (Å²) in [4.78, 5) is 12.6. The molecule has 7 nitrogen and oxygen atoms in total. The van der Waals surface area contributed by atoms with Crippen LogP contribution in [0.5, 0.6) is 11.5 Å². The monoisotopic (exact) mass is 470 g/mol. The molecule has 1 aliphatic carbocycles. The quantitative estimate of drug-likeness (QED) is 0.448. The van der Waals surface area contributed by atoms with Gasteiger partial charge in [-0.25, -0.2) is 4.39 Å². The third kappa shape index (κ3) is 5.30. The minimum absolute atomic E-state index is 0.149. The zero-order chi connectivity index (χ0) is 23.2. The molecule has 0 aliphatic heterocycles. The molecule has 174 valence electrons. The van der Waals surface area contributed by atoms with Crippen molar-refractivity contribution in [3.8, 4) is 22.9 Å². The Kier molecular flexibility index (Phi) is 7.49. The third-order valence-corrected chi connectivity index (χ3v) is 6.66. The lowest BCUT2D eigenvalue weighted by atomic mass is 9.95. The second-order valence-electron chi connectivity index (χ2n) is 7.85. The first kappa shape index (κ1) is 23.1. The van der Waals surface area contributed by atoms with Crippen LogP contribution >= 0.6 is 11.8 Å². The highest BCUT2D eigenvalue weighted by atomic mass is 32.2. The SMILES string of the molecule is COc1ccc(NC(=O)CSc2nnc(-c3ccccc3F)n2C2CCCCC2)cc1OC. The highest BCUT2D eigenvalue weighted by Crippen LogP contribution is 2.36. The van der Waals surface area contributed by atoms with E-state index in [1.807, 2.05) is 4.57 Å². The van der Waals surface area contributed by atoms with E-state index in [0.29, 0.717) is 33.7 Å². The van der Waals surface area contributed by atoms with Gasteiger partial charge >= 0.3 is 0 Å². The Balaban J connectivity index is 1.52. The molecule has 4 rings (SSSR count). The maximum Gasteiger partial charge on any atom is 0.234 e. The number of hydrogen-bond acceptors (Lipinski definition) is 6. The molecule has 0 spiro atoms. The van der Waals surface area contributed by atoms with E-state index in [-0.39, 0.29) is 23.5 Å². The van der Waals surface area contributed by atoms with Gasteiger partial charge < -0.3 is 14.8 Å². The minimum Gasteiger partial charge on any atom is -0.493 e. The van der Waals surface area contributed by atoms with E-state index in [9.17, 15) is 9.18 Å². The first-order valence-corrected chi connectivity index (χ1v) is 11.9. The van der Waals surface area contributed by atoms with Gasteiger partial charge in [-0.3, -0.25) is 9.36 Å². The molecule has 0 bridgehead atoms. The first-order valence-electron chi connectivity index (χ1n) is 10.9. The molecule has 0 atom stereocenters. The Labute approximate surface area is 196 Å². The lowest BCUT2D eigenvalue weighted by Crippen LogP contribution is -2.17. The molecular formula is C24H27FN4O3S. The summed E-state index contributed by atoms with van der Waals surface area (Å²) in [5.74, 6) is 1.28. The van der Waals surface area contributed by atoms with Crippen molar-refractivity contribution in [1.82, 2.24) is 14.8 Å². The Morgan fingerprint density at radius 2 is 1.85 bits per heavy atom. The van der Waals surface area contributed by atoms with E-state index < -0.39 is 0 Å². The van der Waals surface area contributed by atoms with Gasteiger partial charge in [0.05, 0.1) is 25.5 Å². The van der Waals surface area contributed by atoms with Crippen LogP contribution in [0.4, 0.5) is 10.1 Å². The molecule has 9 heteroatoms. The number of carbonyl (C=O) groups is 1. The number of rotatable bonds is 8. The average Bonchev–Trinajstić information content (AvgIpc) is 3.27. The number of hydrogen-bond donors (Lipinski definition) is 1. The molecule has 33 heavy (non-hydrogen) atoms. The fourth-order valence-corrected chi connectivity index (χ4v) is 4.92. The third-order valence-electron chi connectivity index (χ3n) is 5.72. The van der Waals surface area contributed by atoms with Crippen LogP contribution in [0.1, 0.15) is 38.1 Å². The second-order valence-corrected chi connectivity index (χ2v) is 8.80. The number of nitrogens with zero attached hydrogens (tertiary/aromatic N) is 3. The lowest BCUT2D eigenvalue weighted by Gasteiger charge is -2.25. The fraction of sp³-hybridized carbons (Fsp3) is 0.375. The largest absolute Gasteiger partial charge is 0.493 e. The number of benzene rings is 2. The van der Waals surface area contributed by atoms with Crippen LogP contribution in [0.3, 0.4) is 0 Å². The summed E-state index contributed by atoms with van der Waals surface area (Å²) in [5, 5.41) is 12.1. The zero-order valence-electron chi connectivity index (χ0n) is 18.7. The highest BCUT2D eigenvalue weighted by Gasteiger charge is 2.25. The number of thioether (sulfide) groups is 1. The van der Waals surface area contributed by atoms with Gasteiger partial charge in [0.2, 0.25) is 5.91 Å². The van der Waals surface area contributed by atoms with Gasteiger partial charge in [0, 0.05) is 17.8 Å². The number of ether oxygens (including phenoxy) is 2. The highest BCUT2D eigenvalue weighted by molar-refractivity contribution is 7.99. The van der Waals surface area contributed by atoms with Gasteiger partial charge in [-0.05, 0) is 37.1 Å². The molecule has 0 saturated heterocycles. The van der Waals surface area contributed by atoms with Gasteiger partial charge in [-0.15, -0.1) is 10.2 Å². The normalized spacial score (nSPS) is 14.2. The van der Waals surface area contributed by atoms with Crippen LogP contribution in [0.2, 0.25) is 0 Å². The molecule has 1 heterocycles. The fourth-order valence-electron chi connectivity index (χ4n) is 4.11. The molecule has 1 N–H and O–H groups in total. The molecule has 1 fully saturated rings. The van der Waals surface area contributed by atoms with Gasteiger partial charge in [-0.1, -0.05) is 43.2 Å². The maximum absolute atomic E-state index is 14.5. The van der Waals surface area contributed by atoms with Gasteiger partial charge in [0.25, 0.3) is 0 Å². The number of aromatic nitrogens is 3. The van der Waals surface area contributed by atoms with Crippen LogP contribution in [-0.2, 0) is 4.79 Å². The maximum atomic E-state index is 14.5. The average molecular weight is 471 g/mol. The molecule has 1 saturated carbocycles. The van der Waals surface area contributed by atoms with Gasteiger partial charge in [0.1, 0.15) is 5.82 Å². The van der Waals surface area contributed by atoms with Crippen molar-refractivity contribution >= 4 is 23.4 Å². The molecule has 1 aliphatic rings. The Morgan fingerprint density at radius 3 is 2.58 bits per heavy atom. The summed E-state index contributed by atoms with van der Waals surface area (Å²) in [6.45, 7) is 0. The lowest BCUT2D eigenvalue weighted by molar-refractivity contribution is -0.113. The van der Waals surface area contributed by atoms with E-state index in [1.54, 1.807) is 50.6 Å². The van der Waals surface area contributed by atoms with E-state index in [1.165, 1.54) is 24.2 Å². The number of halogens is 1. The van der Waals surface area contributed by atoms with Gasteiger partial charge in [-0.2, -0.15) is 0 Å². The van der Waals surface area contributed by atoms with E-state index in [4.69, 9.17) is 9.47 Å². The number of amides is 1. The number of carbonyl (C=O) groups excluding carboxylic acids is 1. The Hall–Kier alpha value is -3.07. The first-order chi connectivity index (χ1) is 16.1. The summed E-state index contributed by atoms with van der Waals surface area (Å²) in [7, 11) is 3.11. The molecule has 0 unspecified atom stereocenters. The van der Waals surface area contributed by atoms with Crippen molar-refractivity contribution in [2.45, 2.75) is 43.3 Å². The second kappa shape index (κ2) is 10.7. The number of anilines is 1. The zero-order valence-corrected chi connectivity index (χ0v) is 19.5. The number of methoxy groups -OCH3 is 2. The standard InChI is InChI=1S/C24H27FN4O3S/c1-31-20-13-12-16(14-21(20)32-2)26-22(30)15-33-24-28-27-23(18-10-6-7-11-19(18)25)29(24)17-8-4-3-5-9-17/h6-7,10-14,17H,3-5,8-9,15H2,1-2H3,(H,26,30). The van der Waals surface area contributed by atoms with Crippen molar-refractivity contribution in [2.75, 3.05) is 25.3 Å². The van der Waals surface area contributed by atoms with E-state index in [0.717, 1.165) is 25.7 Å². The summed E-state index contributed by atoms with van der Waals surface area (Å²) in [6.07, 6.45) is 5.41. The summed E-state index contributed by atoms with van der Waals surface area (Å²) in [5.41, 5.74) is 1.04. The molecule has 3 aromatic rings. The van der Waals surface area contributed by atoms with E-state index in [2.05, 4.69) is 15.5 Å². The molecule has 0 radical (unpaired) electrons. The van der Waals surface area contributed by atoms with Crippen LogP contribution in [0.25, 0.3) is 11.4 Å². The molecule has 1 aromatic heterocycles. The van der Waals surface area contributed by atoms with Crippen LogP contribution in [0.15, 0.2) is 47.6 Å². The predicted molar refractivity (Wildman–Crippen MR) is 126 cm³/mol. The number of nitrogens with one attached hydrogen (secondary N) is 1. The van der Waals surface area contributed by atoms with Crippen LogP contribution in [-0.4, -0.2) is 40.6 Å². The summed E-state index contributed by atoms with van der Waals surface area (Å²) < 4.78 is 27.1. The smallest absolute Gasteiger partial charge is 0.234 e. The van der Waals surface area contributed by atoms with Crippen molar-refractivity contribution in [1.29, 1.82) is 0 Å². The minimum atomic E-state index is -0.329. The van der Waals surface area contributed by atoms with Crippen LogP contribution < -0.4 is 14.8 Å². The molecule has 1 amide bonds. The van der Waals surface area contributed by atoms with Crippen molar-refractivity contribution in [3.63, 3.8) is 0 Å². The van der Waals surface area contributed by atoms with Crippen molar-refractivity contribution in [2.24, 2.45) is 0 Å². The van der Waals surface area contributed by atoms with Crippen molar-refractivity contribution < 1.29 is 18.7 Å². The van der Waals surface area contributed by atoms with Crippen LogP contribution in [0, 0.1) is 5.82 Å². The van der Waals surface area contributed by atoms with Crippen molar-refractivity contribution in [3.05, 3.63) is 48.3 Å². The predicted octanol–water partition coefficient (Wildman–Crippen LogP) is 5.34. The van der Waals surface area contributed by atoms with E-state index >= 15 is 0 Å². The summed E-state index contributed by atoms with van der Waals surface area (Å²) >= 11 is 1.31.